The maximum absolute atomic E-state index is 4.72. The second kappa shape index (κ2) is 11.4. The number of halogens is 1. The molecule has 0 aliphatic rings. The first-order valence-corrected chi connectivity index (χ1v) is 10.4. The fraction of sp³-hybridized carbons (Fsp3) is 0.450. The van der Waals surface area contributed by atoms with E-state index in [0.717, 1.165) is 49.8 Å². The van der Waals surface area contributed by atoms with Gasteiger partial charge in [-0.05, 0) is 51.5 Å². The maximum Gasteiger partial charge on any atom is 0.191 e. The number of pyridine rings is 1. The molecule has 8 heteroatoms. The van der Waals surface area contributed by atoms with Crippen LogP contribution in [0.25, 0.3) is 5.65 Å². The van der Waals surface area contributed by atoms with Gasteiger partial charge in [0.05, 0.1) is 0 Å². The molecule has 2 N–H and O–H groups in total. The molecule has 3 heterocycles. The van der Waals surface area contributed by atoms with Crippen LogP contribution >= 0.6 is 35.3 Å². The van der Waals surface area contributed by atoms with Gasteiger partial charge in [-0.2, -0.15) is 0 Å². The highest BCUT2D eigenvalue weighted by atomic mass is 127. The summed E-state index contributed by atoms with van der Waals surface area (Å²) < 4.78 is 2.04. The molecular formula is C20H29IN6S. The minimum atomic E-state index is 0. The van der Waals surface area contributed by atoms with Crippen LogP contribution in [0.15, 0.2) is 41.5 Å². The van der Waals surface area contributed by atoms with Crippen molar-refractivity contribution >= 4 is 46.9 Å². The molecule has 1 unspecified atom stereocenters. The van der Waals surface area contributed by atoms with Crippen LogP contribution in [0.5, 0.6) is 0 Å². The van der Waals surface area contributed by atoms with Gasteiger partial charge in [0.1, 0.15) is 5.82 Å². The van der Waals surface area contributed by atoms with E-state index in [-0.39, 0.29) is 24.0 Å². The Hall–Kier alpha value is -1.68. The molecule has 3 aromatic rings. The first kappa shape index (κ1) is 22.6. The Kier molecular flexibility index (Phi) is 9.17. The van der Waals surface area contributed by atoms with Gasteiger partial charge >= 0.3 is 0 Å². The summed E-state index contributed by atoms with van der Waals surface area (Å²) in [7, 11) is 0. The zero-order chi connectivity index (χ0) is 19.1. The number of hydrogen-bond acceptors (Lipinski definition) is 4. The van der Waals surface area contributed by atoms with Crippen molar-refractivity contribution in [3.8, 4) is 0 Å². The number of hydrogen-bond donors (Lipinski definition) is 2. The Balaban J connectivity index is 0.00000280. The molecule has 3 aromatic heterocycles. The molecule has 152 valence electrons. The van der Waals surface area contributed by atoms with E-state index in [1.807, 2.05) is 40.1 Å². The summed E-state index contributed by atoms with van der Waals surface area (Å²) in [6.45, 7) is 8.04. The monoisotopic (exact) mass is 512 g/mol. The number of rotatable bonds is 8. The van der Waals surface area contributed by atoms with E-state index < -0.39 is 0 Å². The molecule has 1 atom stereocenters. The molecule has 0 fully saturated rings. The van der Waals surface area contributed by atoms with Gasteiger partial charge in [0.25, 0.3) is 0 Å². The van der Waals surface area contributed by atoms with Crippen LogP contribution in [-0.2, 0) is 12.8 Å². The lowest BCUT2D eigenvalue weighted by atomic mass is 10.2. The lowest BCUT2D eigenvalue weighted by Gasteiger charge is -2.17. The molecule has 0 radical (unpaired) electrons. The smallest absolute Gasteiger partial charge is 0.191 e. The van der Waals surface area contributed by atoms with Crippen LogP contribution in [0.1, 0.15) is 35.8 Å². The standard InChI is InChI=1S/C20H28N6S.HI/c1-4-21-20(23-15(2)14-17-11-10-16(3)27-17)22-12-7-9-19-25-24-18-8-5-6-13-26(18)19;/h5-6,8,10-11,13,15H,4,7,9,12,14H2,1-3H3,(H2,21,22,23);1H. The van der Waals surface area contributed by atoms with Crippen LogP contribution in [0.3, 0.4) is 0 Å². The molecule has 0 aromatic carbocycles. The zero-order valence-electron chi connectivity index (χ0n) is 16.7. The minimum absolute atomic E-state index is 0. The van der Waals surface area contributed by atoms with Crippen LogP contribution in [0.2, 0.25) is 0 Å². The van der Waals surface area contributed by atoms with E-state index in [1.54, 1.807) is 0 Å². The average molecular weight is 512 g/mol. The van der Waals surface area contributed by atoms with Crippen molar-refractivity contribution in [3.05, 3.63) is 52.1 Å². The summed E-state index contributed by atoms with van der Waals surface area (Å²) in [5.74, 6) is 1.87. The fourth-order valence-electron chi connectivity index (χ4n) is 2.99. The number of aryl methyl sites for hydroxylation is 2. The highest BCUT2D eigenvalue weighted by Gasteiger charge is 2.08. The highest BCUT2D eigenvalue weighted by molar-refractivity contribution is 14.0. The van der Waals surface area contributed by atoms with Gasteiger partial charge in [-0.3, -0.25) is 9.39 Å². The van der Waals surface area contributed by atoms with E-state index in [0.29, 0.717) is 6.04 Å². The van der Waals surface area contributed by atoms with E-state index in [9.17, 15) is 0 Å². The lowest BCUT2D eigenvalue weighted by molar-refractivity contribution is 0.643. The predicted molar refractivity (Wildman–Crippen MR) is 128 cm³/mol. The summed E-state index contributed by atoms with van der Waals surface area (Å²) in [4.78, 5) is 7.48. The summed E-state index contributed by atoms with van der Waals surface area (Å²) in [5.41, 5.74) is 0.892. The number of aromatic nitrogens is 3. The van der Waals surface area contributed by atoms with Crippen LogP contribution < -0.4 is 10.6 Å². The van der Waals surface area contributed by atoms with E-state index in [2.05, 4.69) is 53.7 Å². The topological polar surface area (TPSA) is 66.6 Å². The number of thiophene rings is 1. The Morgan fingerprint density at radius 3 is 2.86 bits per heavy atom. The molecule has 0 spiro atoms. The number of guanidine groups is 1. The molecule has 0 aliphatic carbocycles. The van der Waals surface area contributed by atoms with Crippen molar-refractivity contribution in [1.82, 2.24) is 25.2 Å². The Morgan fingerprint density at radius 2 is 2.11 bits per heavy atom. The van der Waals surface area contributed by atoms with E-state index in [4.69, 9.17) is 4.99 Å². The zero-order valence-corrected chi connectivity index (χ0v) is 19.8. The van der Waals surface area contributed by atoms with Crippen molar-refractivity contribution in [1.29, 1.82) is 0 Å². The fourth-order valence-corrected chi connectivity index (χ4v) is 4.01. The summed E-state index contributed by atoms with van der Waals surface area (Å²) in [5, 5.41) is 15.3. The van der Waals surface area contributed by atoms with Crippen LogP contribution in [-0.4, -0.2) is 39.7 Å². The lowest BCUT2D eigenvalue weighted by Crippen LogP contribution is -2.43. The molecule has 0 amide bonds. The third-order valence-electron chi connectivity index (χ3n) is 4.24. The third-order valence-corrected chi connectivity index (χ3v) is 5.27. The molecule has 3 rings (SSSR count). The van der Waals surface area contributed by atoms with Gasteiger partial charge in [0.2, 0.25) is 0 Å². The molecule has 0 saturated heterocycles. The average Bonchev–Trinajstić information content (AvgIpc) is 3.25. The Labute approximate surface area is 187 Å². The number of nitrogens with one attached hydrogen (secondary N) is 2. The maximum atomic E-state index is 4.72. The second-order valence-corrected chi connectivity index (χ2v) is 8.04. The predicted octanol–water partition coefficient (Wildman–Crippen LogP) is 3.84. The minimum Gasteiger partial charge on any atom is -0.357 e. The Morgan fingerprint density at radius 1 is 1.25 bits per heavy atom. The largest absolute Gasteiger partial charge is 0.357 e. The van der Waals surface area contributed by atoms with Crippen molar-refractivity contribution in [3.63, 3.8) is 0 Å². The van der Waals surface area contributed by atoms with Crippen molar-refractivity contribution in [2.45, 2.75) is 46.1 Å². The Bertz CT molecular complexity index is 888. The van der Waals surface area contributed by atoms with Crippen molar-refractivity contribution in [2.24, 2.45) is 4.99 Å². The van der Waals surface area contributed by atoms with Crippen LogP contribution in [0, 0.1) is 6.92 Å². The van der Waals surface area contributed by atoms with Gasteiger partial charge in [0.15, 0.2) is 11.6 Å². The molecule has 28 heavy (non-hydrogen) atoms. The quantitative estimate of drug-likeness (QED) is 0.208. The molecule has 6 nitrogen and oxygen atoms in total. The summed E-state index contributed by atoms with van der Waals surface area (Å²) >= 11 is 1.86. The number of fused-ring (bicyclic) bond motifs is 1. The van der Waals surface area contributed by atoms with Crippen molar-refractivity contribution in [2.75, 3.05) is 13.1 Å². The van der Waals surface area contributed by atoms with Gasteiger partial charge in [0, 0.05) is 47.9 Å². The van der Waals surface area contributed by atoms with Gasteiger partial charge in [-0.15, -0.1) is 45.5 Å². The van der Waals surface area contributed by atoms with E-state index >= 15 is 0 Å². The molecule has 0 bridgehead atoms. The summed E-state index contributed by atoms with van der Waals surface area (Å²) in [6.07, 6.45) is 4.81. The normalized spacial score (nSPS) is 12.6. The van der Waals surface area contributed by atoms with Gasteiger partial charge in [-0.1, -0.05) is 6.07 Å². The highest BCUT2D eigenvalue weighted by Crippen LogP contribution is 2.16. The SMILES string of the molecule is CCNC(=NCCCc1nnc2ccccn12)NC(C)Cc1ccc(C)s1.I. The molecular weight excluding hydrogens is 483 g/mol. The second-order valence-electron chi connectivity index (χ2n) is 6.67. The first-order valence-electron chi connectivity index (χ1n) is 9.54. The third kappa shape index (κ3) is 6.44. The number of nitrogens with zero attached hydrogens (tertiary/aromatic N) is 4. The van der Waals surface area contributed by atoms with Gasteiger partial charge in [-0.25, -0.2) is 0 Å². The van der Waals surface area contributed by atoms with Crippen LogP contribution in [0.4, 0.5) is 0 Å². The molecule has 0 aliphatic heterocycles. The summed E-state index contributed by atoms with van der Waals surface area (Å²) in [6, 6.07) is 10.7. The number of aliphatic imine (C=N–C) groups is 1. The molecule has 0 saturated carbocycles. The van der Waals surface area contributed by atoms with Crippen molar-refractivity contribution < 1.29 is 0 Å². The van der Waals surface area contributed by atoms with Gasteiger partial charge < -0.3 is 10.6 Å². The first-order chi connectivity index (χ1) is 13.2. The van der Waals surface area contributed by atoms with E-state index in [1.165, 1.54) is 9.75 Å².